The number of piperazine rings is 1. The molecule has 1 N–H and O–H groups in total. The van der Waals surface area contributed by atoms with Gasteiger partial charge in [-0.1, -0.05) is 38.5 Å². The number of nitrogens with one attached hydrogen (secondary N) is 1. The van der Waals surface area contributed by atoms with Crippen LogP contribution in [0.2, 0.25) is 0 Å². The van der Waals surface area contributed by atoms with Gasteiger partial charge in [0.2, 0.25) is 0 Å². The van der Waals surface area contributed by atoms with Crippen molar-refractivity contribution in [3.05, 3.63) is 29.8 Å². The van der Waals surface area contributed by atoms with E-state index in [-0.39, 0.29) is 24.8 Å². The van der Waals surface area contributed by atoms with E-state index in [2.05, 4.69) is 42.3 Å². The number of para-hydroxylation sites is 1. The van der Waals surface area contributed by atoms with Gasteiger partial charge >= 0.3 is 0 Å². The van der Waals surface area contributed by atoms with Crippen LogP contribution in [0, 0.1) is 5.92 Å². The summed E-state index contributed by atoms with van der Waals surface area (Å²) in [6.45, 7) is 9.03. The summed E-state index contributed by atoms with van der Waals surface area (Å²) in [7, 11) is 1.77. The molecule has 0 aromatic heterocycles. The van der Waals surface area contributed by atoms with Gasteiger partial charge in [0, 0.05) is 37.8 Å². The quantitative estimate of drug-likeness (QED) is 0.891. The molecule has 1 fully saturated rings. The van der Waals surface area contributed by atoms with Crippen LogP contribution in [0.4, 0.5) is 0 Å². The van der Waals surface area contributed by atoms with E-state index in [4.69, 9.17) is 4.74 Å². The third-order valence-electron chi connectivity index (χ3n) is 4.19. The first kappa shape index (κ1) is 20.5. The average molecular weight is 335 g/mol. The summed E-state index contributed by atoms with van der Waals surface area (Å²) in [5.74, 6) is 1.65. The maximum Gasteiger partial charge on any atom is 0.123 e. The van der Waals surface area contributed by atoms with E-state index < -0.39 is 0 Å². The van der Waals surface area contributed by atoms with Crippen molar-refractivity contribution >= 4 is 24.8 Å². The smallest absolute Gasteiger partial charge is 0.123 e. The molecular formula is C16H28Cl2N2O. The molecule has 2 rings (SSSR count). The first-order valence-corrected chi connectivity index (χ1v) is 7.35. The second kappa shape index (κ2) is 10.3. The van der Waals surface area contributed by atoms with Crippen molar-refractivity contribution in [3.63, 3.8) is 0 Å². The number of hydrogen-bond donors (Lipinski definition) is 1. The standard InChI is InChI=1S/C16H26N2O.2ClH/c1-4-13(2)16(18-11-9-17-10-12-18)14-7-5-6-8-15(14)19-3;;/h5-8,13,16-17H,4,9-12H2,1-3H3;2*1H/t13?,16-;;/m1../s1. The van der Waals surface area contributed by atoms with Gasteiger partial charge in [0.1, 0.15) is 5.75 Å². The molecule has 0 spiro atoms. The molecule has 0 radical (unpaired) electrons. The predicted molar refractivity (Wildman–Crippen MR) is 94.1 cm³/mol. The number of methoxy groups -OCH3 is 1. The monoisotopic (exact) mass is 334 g/mol. The van der Waals surface area contributed by atoms with E-state index in [0.29, 0.717) is 12.0 Å². The minimum Gasteiger partial charge on any atom is -0.496 e. The first-order chi connectivity index (χ1) is 9.27. The van der Waals surface area contributed by atoms with Crippen molar-refractivity contribution < 1.29 is 4.74 Å². The van der Waals surface area contributed by atoms with Gasteiger partial charge in [-0.2, -0.15) is 0 Å². The Hall–Kier alpha value is -0.480. The second-order valence-corrected chi connectivity index (χ2v) is 5.36. The Morgan fingerprint density at radius 3 is 2.38 bits per heavy atom. The van der Waals surface area contributed by atoms with Gasteiger partial charge in [-0.15, -0.1) is 24.8 Å². The van der Waals surface area contributed by atoms with E-state index >= 15 is 0 Å². The Balaban J connectivity index is 0.00000200. The van der Waals surface area contributed by atoms with Crippen molar-refractivity contribution in [2.75, 3.05) is 33.3 Å². The van der Waals surface area contributed by atoms with Gasteiger partial charge < -0.3 is 10.1 Å². The fourth-order valence-electron chi connectivity index (χ4n) is 2.96. The highest BCUT2D eigenvalue weighted by molar-refractivity contribution is 5.85. The summed E-state index contributed by atoms with van der Waals surface area (Å²) < 4.78 is 5.57. The lowest BCUT2D eigenvalue weighted by Crippen LogP contribution is -2.46. The zero-order valence-corrected chi connectivity index (χ0v) is 14.8. The van der Waals surface area contributed by atoms with Crippen LogP contribution in [0.3, 0.4) is 0 Å². The van der Waals surface area contributed by atoms with E-state index in [1.54, 1.807) is 7.11 Å². The van der Waals surface area contributed by atoms with Crippen molar-refractivity contribution in [3.8, 4) is 5.75 Å². The molecule has 1 aromatic rings. The second-order valence-electron chi connectivity index (χ2n) is 5.36. The highest BCUT2D eigenvalue weighted by atomic mass is 35.5. The lowest BCUT2D eigenvalue weighted by molar-refractivity contribution is 0.126. The maximum atomic E-state index is 5.57. The maximum absolute atomic E-state index is 5.57. The first-order valence-electron chi connectivity index (χ1n) is 7.35. The number of nitrogens with zero attached hydrogens (tertiary/aromatic N) is 1. The number of rotatable bonds is 5. The molecule has 1 unspecified atom stereocenters. The van der Waals surface area contributed by atoms with Crippen molar-refractivity contribution in [1.29, 1.82) is 0 Å². The molecule has 2 atom stereocenters. The normalized spacial score (nSPS) is 18.0. The van der Waals surface area contributed by atoms with Crippen LogP contribution < -0.4 is 10.1 Å². The Labute approximate surface area is 141 Å². The molecular weight excluding hydrogens is 307 g/mol. The van der Waals surface area contributed by atoms with E-state index in [9.17, 15) is 0 Å². The summed E-state index contributed by atoms with van der Waals surface area (Å²) in [6, 6.07) is 8.93. The van der Waals surface area contributed by atoms with Gasteiger partial charge in [0.05, 0.1) is 7.11 Å². The number of benzene rings is 1. The molecule has 21 heavy (non-hydrogen) atoms. The van der Waals surface area contributed by atoms with Gasteiger partial charge in [0.25, 0.3) is 0 Å². The van der Waals surface area contributed by atoms with Crippen LogP contribution in [0.1, 0.15) is 31.9 Å². The van der Waals surface area contributed by atoms with E-state index in [1.165, 1.54) is 12.0 Å². The summed E-state index contributed by atoms with van der Waals surface area (Å²) in [4.78, 5) is 2.60. The lowest BCUT2D eigenvalue weighted by Gasteiger charge is -2.39. The summed E-state index contributed by atoms with van der Waals surface area (Å²) in [6.07, 6.45) is 1.19. The van der Waals surface area contributed by atoms with Gasteiger partial charge in [-0.05, 0) is 12.0 Å². The van der Waals surface area contributed by atoms with E-state index in [0.717, 1.165) is 31.9 Å². The molecule has 1 aliphatic heterocycles. The highest BCUT2D eigenvalue weighted by Gasteiger charge is 2.28. The molecule has 0 saturated carbocycles. The lowest BCUT2D eigenvalue weighted by atomic mass is 9.90. The topological polar surface area (TPSA) is 24.5 Å². The third kappa shape index (κ3) is 5.03. The average Bonchev–Trinajstić information content (AvgIpc) is 2.49. The molecule has 0 amide bonds. The van der Waals surface area contributed by atoms with Gasteiger partial charge in [-0.3, -0.25) is 4.90 Å². The number of ether oxygens (including phenoxy) is 1. The SMILES string of the molecule is CCC(C)[C@H](c1ccccc1OC)N1CCNCC1.Cl.Cl. The summed E-state index contributed by atoms with van der Waals surface area (Å²) in [5.41, 5.74) is 1.33. The zero-order valence-electron chi connectivity index (χ0n) is 13.2. The molecule has 1 aliphatic rings. The molecule has 1 aromatic carbocycles. The highest BCUT2D eigenvalue weighted by Crippen LogP contribution is 2.36. The van der Waals surface area contributed by atoms with Crippen LogP contribution in [-0.2, 0) is 0 Å². The minimum absolute atomic E-state index is 0. The van der Waals surface area contributed by atoms with Crippen molar-refractivity contribution in [1.82, 2.24) is 10.2 Å². The molecule has 122 valence electrons. The van der Waals surface area contributed by atoms with Crippen molar-refractivity contribution in [2.24, 2.45) is 5.92 Å². The van der Waals surface area contributed by atoms with E-state index in [1.807, 2.05) is 6.07 Å². The van der Waals surface area contributed by atoms with Crippen LogP contribution in [0.25, 0.3) is 0 Å². The van der Waals surface area contributed by atoms with Crippen LogP contribution in [0.15, 0.2) is 24.3 Å². The largest absolute Gasteiger partial charge is 0.496 e. The molecule has 0 aliphatic carbocycles. The molecule has 1 saturated heterocycles. The summed E-state index contributed by atoms with van der Waals surface area (Å²) in [5, 5.41) is 3.43. The number of halogens is 2. The van der Waals surface area contributed by atoms with Crippen LogP contribution in [0.5, 0.6) is 5.75 Å². The Morgan fingerprint density at radius 2 is 1.81 bits per heavy atom. The molecule has 0 bridgehead atoms. The molecule has 3 nitrogen and oxygen atoms in total. The fraction of sp³-hybridized carbons (Fsp3) is 0.625. The van der Waals surface area contributed by atoms with Crippen molar-refractivity contribution in [2.45, 2.75) is 26.3 Å². The molecule has 5 heteroatoms. The Bertz CT molecular complexity index is 398. The number of hydrogen-bond acceptors (Lipinski definition) is 3. The van der Waals surface area contributed by atoms with Gasteiger partial charge in [-0.25, -0.2) is 0 Å². The fourth-order valence-corrected chi connectivity index (χ4v) is 2.96. The Morgan fingerprint density at radius 1 is 1.19 bits per heavy atom. The van der Waals surface area contributed by atoms with Crippen LogP contribution >= 0.6 is 24.8 Å². The molecule has 1 heterocycles. The summed E-state index contributed by atoms with van der Waals surface area (Å²) >= 11 is 0. The minimum atomic E-state index is 0. The predicted octanol–water partition coefficient (Wildman–Crippen LogP) is 3.53. The Kier molecular flexibility index (Phi) is 10.0. The third-order valence-corrected chi connectivity index (χ3v) is 4.19. The van der Waals surface area contributed by atoms with Gasteiger partial charge in [0.15, 0.2) is 0 Å². The van der Waals surface area contributed by atoms with Crippen LogP contribution in [-0.4, -0.2) is 38.2 Å². The zero-order chi connectivity index (χ0) is 13.7.